The number of nitrogens with one attached hydrogen (secondary N) is 2. The fraction of sp³-hybridized carbons (Fsp3) is 0.150. The van der Waals surface area contributed by atoms with Crippen molar-refractivity contribution in [1.29, 1.82) is 0 Å². The number of rotatable bonds is 5. The van der Waals surface area contributed by atoms with Crippen LogP contribution in [0.1, 0.15) is 21.6 Å². The first-order chi connectivity index (χ1) is 12.6. The Kier molecular flexibility index (Phi) is 5.12. The van der Waals surface area contributed by atoms with Crippen molar-refractivity contribution in [3.8, 4) is 5.75 Å². The highest BCUT2D eigenvalue weighted by atomic mass is 16.5. The first kappa shape index (κ1) is 17.4. The zero-order valence-corrected chi connectivity index (χ0v) is 14.9. The van der Waals surface area contributed by atoms with Crippen LogP contribution >= 0.6 is 0 Å². The van der Waals surface area contributed by atoms with Gasteiger partial charge in [0.15, 0.2) is 0 Å². The number of aromatic nitrogens is 2. The summed E-state index contributed by atoms with van der Waals surface area (Å²) in [6, 6.07) is 13.3. The minimum atomic E-state index is -0.286. The quantitative estimate of drug-likeness (QED) is 0.726. The highest BCUT2D eigenvalue weighted by molar-refractivity contribution is 6.03. The van der Waals surface area contributed by atoms with Crippen LogP contribution in [0, 0.1) is 13.8 Å². The van der Waals surface area contributed by atoms with E-state index in [-0.39, 0.29) is 11.6 Å². The summed E-state index contributed by atoms with van der Waals surface area (Å²) in [6.07, 6.45) is 2.98. The van der Waals surface area contributed by atoms with Crippen LogP contribution in [0.25, 0.3) is 0 Å². The van der Waals surface area contributed by atoms with E-state index in [9.17, 15) is 4.79 Å². The highest BCUT2D eigenvalue weighted by Gasteiger charge is 2.11. The number of hydrogen-bond acceptors (Lipinski definition) is 5. The molecule has 0 aliphatic carbocycles. The number of amides is 1. The topological polar surface area (TPSA) is 76.1 Å². The van der Waals surface area contributed by atoms with E-state index in [1.54, 1.807) is 7.11 Å². The Balaban J connectivity index is 1.69. The minimum Gasteiger partial charge on any atom is -0.497 e. The van der Waals surface area contributed by atoms with Crippen molar-refractivity contribution in [3.05, 3.63) is 71.7 Å². The molecule has 3 aromatic rings. The molecule has 0 unspecified atom stereocenters. The van der Waals surface area contributed by atoms with Gasteiger partial charge < -0.3 is 15.4 Å². The Morgan fingerprint density at radius 1 is 0.962 bits per heavy atom. The predicted molar refractivity (Wildman–Crippen MR) is 102 cm³/mol. The minimum absolute atomic E-state index is 0.257. The van der Waals surface area contributed by atoms with E-state index in [1.165, 1.54) is 12.4 Å². The van der Waals surface area contributed by atoms with Gasteiger partial charge in [0.2, 0.25) is 0 Å². The maximum atomic E-state index is 12.4. The van der Waals surface area contributed by atoms with Gasteiger partial charge in [-0.15, -0.1) is 0 Å². The van der Waals surface area contributed by atoms with E-state index >= 15 is 0 Å². The summed E-state index contributed by atoms with van der Waals surface area (Å²) < 4.78 is 5.13. The zero-order chi connectivity index (χ0) is 18.5. The number of carbonyl (C=O) groups excluding carboxylic acids is 1. The second-order valence-corrected chi connectivity index (χ2v) is 5.86. The Bertz CT molecular complexity index is 886. The maximum Gasteiger partial charge on any atom is 0.275 e. The third-order valence-electron chi connectivity index (χ3n) is 3.97. The standard InChI is InChI=1S/C20H20N4O2/c1-13-5-4-6-14(2)19(13)24-20(25)17-11-22-18(12-21-17)23-15-7-9-16(26-3)10-8-15/h4-12H,1-3H3,(H,22,23)(H,24,25). The summed E-state index contributed by atoms with van der Waals surface area (Å²) >= 11 is 0. The van der Waals surface area contributed by atoms with Gasteiger partial charge in [-0.1, -0.05) is 18.2 Å². The van der Waals surface area contributed by atoms with E-state index in [0.717, 1.165) is 28.3 Å². The molecule has 0 radical (unpaired) electrons. The fourth-order valence-corrected chi connectivity index (χ4v) is 2.52. The number of benzene rings is 2. The molecule has 1 heterocycles. The van der Waals surface area contributed by atoms with E-state index in [4.69, 9.17) is 4.74 Å². The van der Waals surface area contributed by atoms with Crippen LogP contribution in [-0.2, 0) is 0 Å². The summed E-state index contributed by atoms with van der Waals surface area (Å²) in [5.41, 5.74) is 3.92. The fourth-order valence-electron chi connectivity index (χ4n) is 2.52. The van der Waals surface area contributed by atoms with Gasteiger partial charge in [0, 0.05) is 11.4 Å². The molecule has 1 aromatic heterocycles. The molecule has 0 aliphatic rings. The molecule has 0 saturated heterocycles. The summed E-state index contributed by atoms with van der Waals surface area (Å²) in [5.74, 6) is 1.05. The molecule has 0 atom stereocenters. The highest BCUT2D eigenvalue weighted by Crippen LogP contribution is 2.21. The van der Waals surface area contributed by atoms with Crippen LogP contribution in [0.15, 0.2) is 54.9 Å². The van der Waals surface area contributed by atoms with E-state index in [0.29, 0.717) is 5.82 Å². The van der Waals surface area contributed by atoms with Gasteiger partial charge in [-0.3, -0.25) is 4.79 Å². The van der Waals surface area contributed by atoms with Gasteiger partial charge in [0.1, 0.15) is 17.3 Å². The SMILES string of the molecule is COc1ccc(Nc2cnc(C(=O)Nc3c(C)cccc3C)cn2)cc1. The molecule has 2 N–H and O–H groups in total. The van der Waals surface area contributed by atoms with Crippen molar-refractivity contribution in [2.75, 3.05) is 17.7 Å². The first-order valence-electron chi connectivity index (χ1n) is 8.17. The van der Waals surface area contributed by atoms with Crippen molar-refractivity contribution in [1.82, 2.24) is 9.97 Å². The van der Waals surface area contributed by atoms with Crippen molar-refractivity contribution in [2.24, 2.45) is 0 Å². The van der Waals surface area contributed by atoms with Crippen molar-refractivity contribution in [2.45, 2.75) is 13.8 Å². The third-order valence-corrected chi connectivity index (χ3v) is 3.97. The van der Waals surface area contributed by atoms with Crippen LogP contribution in [0.5, 0.6) is 5.75 Å². The molecule has 0 spiro atoms. The number of para-hydroxylation sites is 1. The number of carbonyl (C=O) groups is 1. The van der Waals surface area contributed by atoms with Crippen molar-refractivity contribution >= 4 is 23.1 Å². The summed E-state index contributed by atoms with van der Waals surface area (Å²) in [5, 5.41) is 6.03. The number of anilines is 3. The lowest BCUT2D eigenvalue weighted by Gasteiger charge is -2.11. The normalized spacial score (nSPS) is 10.3. The van der Waals surface area contributed by atoms with Crippen LogP contribution < -0.4 is 15.4 Å². The van der Waals surface area contributed by atoms with Gasteiger partial charge in [-0.2, -0.15) is 0 Å². The molecule has 2 aromatic carbocycles. The molecule has 3 rings (SSSR count). The molecule has 0 fully saturated rings. The second kappa shape index (κ2) is 7.65. The number of ether oxygens (including phenoxy) is 1. The van der Waals surface area contributed by atoms with Gasteiger partial charge in [0.25, 0.3) is 5.91 Å². The average molecular weight is 348 g/mol. The molecular weight excluding hydrogens is 328 g/mol. The molecule has 6 nitrogen and oxygen atoms in total. The van der Waals surface area contributed by atoms with Crippen LogP contribution in [0.3, 0.4) is 0 Å². The lowest BCUT2D eigenvalue weighted by atomic mass is 10.1. The van der Waals surface area contributed by atoms with Gasteiger partial charge >= 0.3 is 0 Å². The molecular formula is C20H20N4O2. The zero-order valence-electron chi connectivity index (χ0n) is 14.9. The number of nitrogens with zero attached hydrogens (tertiary/aromatic N) is 2. The maximum absolute atomic E-state index is 12.4. The summed E-state index contributed by atoms with van der Waals surface area (Å²) in [7, 11) is 1.62. The summed E-state index contributed by atoms with van der Waals surface area (Å²) in [4.78, 5) is 20.9. The smallest absolute Gasteiger partial charge is 0.275 e. The van der Waals surface area contributed by atoms with E-state index in [1.807, 2.05) is 56.3 Å². The third kappa shape index (κ3) is 3.97. The molecule has 0 saturated carbocycles. The molecule has 26 heavy (non-hydrogen) atoms. The van der Waals surface area contributed by atoms with Crippen molar-refractivity contribution < 1.29 is 9.53 Å². The molecule has 0 bridgehead atoms. The van der Waals surface area contributed by atoms with Crippen LogP contribution in [0.4, 0.5) is 17.2 Å². The van der Waals surface area contributed by atoms with Gasteiger partial charge in [-0.25, -0.2) is 9.97 Å². The lowest BCUT2D eigenvalue weighted by Crippen LogP contribution is -2.15. The summed E-state index contributed by atoms with van der Waals surface area (Å²) in [6.45, 7) is 3.91. The van der Waals surface area contributed by atoms with Crippen LogP contribution in [0.2, 0.25) is 0 Å². The molecule has 6 heteroatoms. The number of methoxy groups -OCH3 is 1. The molecule has 132 valence electrons. The van der Waals surface area contributed by atoms with E-state index in [2.05, 4.69) is 20.6 Å². The number of hydrogen-bond donors (Lipinski definition) is 2. The molecule has 0 aliphatic heterocycles. The largest absolute Gasteiger partial charge is 0.497 e. The van der Waals surface area contributed by atoms with Gasteiger partial charge in [0.05, 0.1) is 19.5 Å². The first-order valence-corrected chi connectivity index (χ1v) is 8.17. The Labute approximate surface area is 152 Å². The Morgan fingerprint density at radius 2 is 1.65 bits per heavy atom. The van der Waals surface area contributed by atoms with Crippen molar-refractivity contribution in [3.63, 3.8) is 0 Å². The Hall–Kier alpha value is -3.41. The average Bonchev–Trinajstić information content (AvgIpc) is 2.66. The van der Waals surface area contributed by atoms with Crippen LogP contribution in [-0.4, -0.2) is 23.0 Å². The monoisotopic (exact) mass is 348 g/mol. The van der Waals surface area contributed by atoms with Gasteiger partial charge in [-0.05, 0) is 49.2 Å². The lowest BCUT2D eigenvalue weighted by molar-refractivity contribution is 0.102. The number of aryl methyl sites for hydroxylation is 2. The van der Waals surface area contributed by atoms with E-state index < -0.39 is 0 Å². The predicted octanol–water partition coefficient (Wildman–Crippen LogP) is 4.10. The Morgan fingerprint density at radius 3 is 2.23 bits per heavy atom. The second-order valence-electron chi connectivity index (χ2n) is 5.86. The molecule has 1 amide bonds.